The van der Waals surface area contributed by atoms with Crippen LogP contribution in [0, 0.1) is 0 Å². The van der Waals surface area contributed by atoms with E-state index in [4.69, 9.17) is 16.3 Å². The van der Waals surface area contributed by atoms with Crippen molar-refractivity contribution in [3.63, 3.8) is 0 Å². The Morgan fingerprint density at radius 2 is 1.82 bits per heavy atom. The predicted molar refractivity (Wildman–Crippen MR) is 89.3 cm³/mol. The Labute approximate surface area is 138 Å². The molecule has 0 radical (unpaired) electrons. The van der Waals surface area contributed by atoms with Crippen molar-refractivity contribution < 1.29 is 9.53 Å². The largest absolute Gasteiger partial charge is 0.381 e. The van der Waals surface area contributed by atoms with E-state index in [1.165, 1.54) is 0 Å². The molecule has 1 saturated heterocycles. The van der Waals surface area contributed by atoms with Crippen LogP contribution in [0.4, 0.5) is 0 Å². The third-order valence-electron chi connectivity index (χ3n) is 4.01. The van der Waals surface area contributed by atoms with Crippen LogP contribution in [0.15, 0.2) is 24.3 Å². The van der Waals surface area contributed by atoms with Gasteiger partial charge < -0.3 is 14.5 Å². The van der Waals surface area contributed by atoms with Crippen LogP contribution in [0.25, 0.3) is 0 Å². The van der Waals surface area contributed by atoms with Crippen LogP contribution < -0.4 is 0 Å². The number of hydrogen-bond acceptors (Lipinski definition) is 3. The Hall–Kier alpha value is -1.10. The van der Waals surface area contributed by atoms with Gasteiger partial charge in [-0.3, -0.25) is 4.79 Å². The zero-order valence-electron chi connectivity index (χ0n) is 13.4. The number of benzene rings is 1. The van der Waals surface area contributed by atoms with Gasteiger partial charge in [-0.05, 0) is 44.6 Å². The van der Waals surface area contributed by atoms with Gasteiger partial charge in [-0.2, -0.15) is 0 Å². The van der Waals surface area contributed by atoms with E-state index >= 15 is 0 Å². The molecule has 0 bridgehead atoms. The highest BCUT2D eigenvalue weighted by atomic mass is 35.5. The van der Waals surface area contributed by atoms with Gasteiger partial charge in [-0.1, -0.05) is 23.7 Å². The van der Waals surface area contributed by atoms with Crippen LogP contribution in [-0.2, 0) is 16.0 Å². The van der Waals surface area contributed by atoms with E-state index in [2.05, 4.69) is 4.90 Å². The molecule has 4 nitrogen and oxygen atoms in total. The molecule has 1 aliphatic rings. The van der Waals surface area contributed by atoms with Crippen LogP contribution in [0.1, 0.15) is 18.4 Å². The number of likely N-dealkylation sites (N-methyl/N-ethyl adjacent to an activating group) is 1. The molecule has 1 heterocycles. The second kappa shape index (κ2) is 8.51. The summed E-state index contributed by atoms with van der Waals surface area (Å²) in [7, 11) is 4.07. The quantitative estimate of drug-likeness (QED) is 0.806. The van der Waals surface area contributed by atoms with E-state index in [0.717, 1.165) is 44.7 Å². The van der Waals surface area contributed by atoms with Gasteiger partial charge in [0.25, 0.3) is 0 Å². The van der Waals surface area contributed by atoms with Gasteiger partial charge in [0, 0.05) is 37.4 Å². The third kappa shape index (κ3) is 5.27. The molecule has 1 aliphatic heterocycles. The average molecular weight is 325 g/mol. The highest BCUT2D eigenvalue weighted by molar-refractivity contribution is 6.30. The van der Waals surface area contributed by atoms with Crippen LogP contribution in [0.2, 0.25) is 5.02 Å². The Morgan fingerprint density at radius 1 is 1.18 bits per heavy atom. The molecule has 0 saturated carbocycles. The van der Waals surface area contributed by atoms with E-state index in [1.54, 1.807) is 0 Å². The minimum atomic E-state index is 0.191. The van der Waals surface area contributed by atoms with Gasteiger partial charge in [-0.25, -0.2) is 0 Å². The Kier molecular flexibility index (Phi) is 6.68. The summed E-state index contributed by atoms with van der Waals surface area (Å²) in [6, 6.07) is 7.82. The molecule has 22 heavy (non-hydrogen) atoms. The van der Waals surface area contributed by atoms with Crippen molar-refractivity contribution in [3.8, 4) is 0 Å². The van der Waals surface area contributed by atoms with Crippen LogP contribution in [0.3, 0.4) is 0 Å². The summed E-state index contributed by atoms with van der Waals surface area (Å²) in [5.74, 6) is 0.191. The zero-order chi connectivity index (χ0) is 15.9. The number of rotatable bonds is 6. The summed E-state index contributed by atoms with van der Waals surface area (Å²) >= 11 is 5.90. The summed E-state index contributed by atoms with van der Waals surface area (Å²) in [6.45, 7) is 3.14. The maximum atomic E-state index is 12.7. The predicted octanol–water partition coefficient (Wildman–Crippen LogP) is 2.45. The van der Waals surface area contributed by atoms with E-state index in [9.17, 15) is 4.79 Å². The Bertz CT molecular complexity index is 470. The molecule has 0 aromatic heterocycles. The highest BCUT2D eigenvalue weighted by Crippen LogP contribution is 2.17. The Morgan fingerprint density at radius 3 is 2.41 bits per heavy atom. The summed E-state index contributed by atoms with van der Waals surface area (Å²) in [6.07, 6.45) is 2.29. The van der Waals surface area contributed by atoms with E-state index < -0.39 is 0 Å². The lowest BCUT2D eigenvalue weighted by Crippen LogP contribution is -2.46. The number of halogens is 1. The molecule has 1 amide bonds. The average Bonchev–Trinajstić information content (AvgIpc) is 2.50. The van der Waals surface area contributed by atoms with Crippen LogP contribution >= 0.6 is 11.6 Å². The van der Waals surface area contributed by atoms with Crippen LogP contribution in [-0.4, -0.2) is 62.1 Å². The lowest BCUT2D eigenvalue weighted by atomic mass is 10.0. The first-order valence-corrected chi connectivity index (χ1v) is 8.20. The molecule has 0 aliphatic carbocycles. The van der Waals surface area contributed by atoms with Gasteiger partial charge >= 0.3 is 0 Å². The van der Waals surface area contributed by atoms with Crippen molar-refractivity contribution >= 4 is 17.5 Å². The molecule has 0 unspecified atom stereocenters. The first-order valence-electron chi connectivity index (χ1n) is 7.82. The summed E-state index contributed by atoms with van der Waals surface area (Å²) in [4.78, 5) is 16.9. The van der Waals surface area contributed by atoms with Crippen LogP contribution in [0.5, 0.6) is 0 Å². The molecule has 122 valence electrons. The van der Waals surface area contributed by atoms with Crippen molar-refractivity contribution in [2.24, 2.45) is 0 Å². The van der Waals surface area contributed by atoms with Crippen molar-refractivity contribution in [3.05, 3.63) is 34.9 Å². The number of nitrogens with zero attached hydrogens (tertiary/aromatic N) is 2. The first kappa shape index (κ1) is 17.3. The molecule has 0 atom stereocenters. The fourth-order valence-electron chi connectivity index (χ4n) is 2.69. The van der Waals surface area contributed by atoms with Gasteiger partial charge in [0.2, 0.25) is 5.91 Å². The lowest BCUT2D eigenvalue weighted by molar-refractivity contribution is -0.134. The molecule has 2 rings (SSSR count). The van der Waals surface area contributed by atoms with Crippen molar-refractivity contribution in [2.75, 3.05) is 40.4 Å². The smallest absolute Gasteiger partial charge is 0.227 e. The topological polar surface area (TPSA) is 32.8 Å². The SMILES string of the molecule is CN(C)CCN(C(=O)Cc1ccc(Cl)cc1)C1CCOCC1. The maximum Gasteiger partial charge on any atom is 0.227 e. The lowest BCUT2D eigenvalue weighted by Gasteiger charge is -2.35. The van der Waals surface area contributed by atoms with E-state index in [0.29, 0.717) is 17.5 Å². The van der Waals surface area contributed by atoms with Gasteiger partial charge in [0.05, 0.1) is 6.42 Å². The second-order valence-corrected chi connectivity index (χ2v) is 6.47. The third-order valence-corrected chi connectivity index (χ3v) is 4.26. The van der Waals surface area contributed by atoms with Crippen molar-refractivity contribution in [2.45, 2.75) is 25.3 Å². The second-order valence-electron chi connectivity index (χ2n) is 6.04. The summed E-state index contributed by atoms with van der Waals surface area (Å²) < 4.78 is 5.42. The molecule has 1 fully saturated rings. The fraction of sp³-hybridized carbons (Fsp3) is 0.588. The number of hydrogen-bond donors (Lipinski definition) is 0. The molecule has 0 N–H and O–H groups in total. The maximum absolute atomic E-state index is 12.7. The van der Waals surface area contributed by atoms with Crippen molar-refractivity contribution in [1.29, 1.82) is 0 Å². The first-order chi connectivity index (χ1) is 10.6. The molecular formula is C17H25ClN2O2. The monoisotopic (exact) mass is 324 g/mol. The van der Waals surface area contributed by atoms with Gasteiger partial charge in [0.1, 0.15) is 0 Å². The number of amides is 1. The number of ether oxygens (including phenoxy) is 1. The van der Waals surface area contributed by atoms with E-state index in [-0.39, 0.29) is 5.91 Å². The number of carbonyl (C=O) groups excluding carboxylic acids is 1. The summed E-state index contributed by atoms with van der Waals surface area (Å²) in [5.41, 5.74) is 1.01. The summed E-state index contributed by atoms with van der Waals surface area (Å²) in [5, 5.41) is 0.699. The minimum Gasteiger partial charge on any atom is -0.381 e. The zero-order valence-corrected chi connectivity index (χ0v) is 14.2. The number of carbonyl (C=O) groups is 1. The molecule has 0 spiro atoms. The standard InChI is InChI=1S/C17H25ClN2O2/c1-19(2)9-10-20(16-7-11-22-12-8-16)17(21)13-14-3-5-15(18)6-4-14/h3-6,16H,7-13H2,1-2H3. The van der Waals surface area contributed by atoms with E-state index in [1.807, 2.05) is 43.3 Å². The Balaban J connectivity index is 2.01. The van der Waals surface area contributed by atoms with Crippen molar-refractivity contribution in [1.82, 2.24) is 9.80 Å². The molecular weight excluding hydrogens is 300 g/mol. The van der Waals surface area contributed by atoms with Gasteiger partial charge in [0.15, 0.2) is 0 Å². The molecule has 1 aromatic rings. The highest BCUT2D eigenvalue weighted by Gasteiger charge is 2.25. The molecule has 5 heteroatoms. The molecule has 1 aromatic carbocycles. The fourth-order valence-corrected chi connectivity index (χ4v) is 2.82. The normalized spacial score (nSPS) is 16.0. The minimum absolute atomic E-state index is 0.191. The van der Waals surface area contributed by atoms with Gasteiger partial charge in [-0.15, -0.1) is 0 Å².